The van der Waals surface area contributed by atoms with Crippen LogP contribution < -0.4 is 0 Å². The summed E-state index contributed by atoms with van der Waals surface area (Å²) >= 11 is 0. The number of unbranched alkanes of at least 4 members (excludes halogenated alkanes) is 1. The van der Waals surface area contributed by atoms with Gasteiger partial charge in [0.15, 0.2) is 0 Å². The van der Waals surface area contributed by atoms with Crippen LogP contribution in [0.2, 0.25) is 0 Å². The van der Waals surface area contributed by atoms with Crippen molar-refractivity contribution in [3.63, 3.8) is 0 Å². The van der Waals surface area contributed by atoms with Crippen molar-refractivity contribution in [2.45, 2.75) is 124 Å². The number of aliphatic hydroxyl groups is 1. The molecule has 3 fully saturated rings. The molecule has 2 nitrogen and oxygen atoms in total. The van der Waals surface area contributed by atoms with Gasteiger partial charge in [-0.15, -0.1) is 0 Å². The van der Waals surface area contributed by atoms with Gasteiger partial charge in [-0.3, -0.25) is 0 Å². The molecule has 1 N–H and O–H groups in total. The van der Waals surface area contributed by atoms with Crippen molar-refractivity contribution < 1.29 is 9.84 Å². The Bertz CT molecular complexity index is 668. The Balaban J connectivity index is 1.40. The smallest absolute Gasteiger partial charge is 0.0612 e. The number of ether oxygens (including phenoxy) is 1. The molecule has 3 saturated carbocycles. The van der Waals surface area contributed by atoms with Crippen molar-refractivity contribution in [1.82, 2.24) is 0 Å². The molecule has 190 valence electrons. The highest BCUT2D eigenvalue weighted by molar-refractivity contribution is 5.25. The van der Waals surface area contributed by atoms with Crippen LogP contribution in [0.25, 0.3) is 0 Å². The summed E-state index contributed by atoms with van der Waals surface area (Å²) < 4.78 is 6.24. The lowest BCUT2D eigenvalue weighted by Crippen LogP contribution is -2.51. The Labute approximate surface area is 205 Å². The summed E-state index contributed by atoms with van der Waals surface area (Å²) in [6, 6.07) is 0. The van der Waals surface area contributed by atoms with Gasteiger partial charge in [-0.2, -0.15) is 0 Å². The van der Waals surface area contributed by atoms with Crippen molar-refractivity contribution in [2.75, 3.05) is 13.2 Å². The maximum Gasteiger partial charge on any atom is 0.0612 e. The van der Waals surface area contributed by atoms with Crippen LogP contribution in [0.1, 0.15) is 118 Å². The minimum atomic E-state index is 0.290. The molecule has 2 heteroatoms. The molecule has 0 aromatic heterocycles. The molecule has 0 saturated heterocycles. The van der Waals surface area contributed by atoms with Crippen LogP contribution in [0, 0.1) is 46.3 Å². The zero-order valence-corrected chi connectivity index (χ0v) is 22.6. The molecule has 0 radical (unpaired) electrons. The van der Waals surface area contributed by atoms with Gasteiger partial charge < -0.3 is 9.84 Å². The van der Waals surface area contributed by atoms with Crippen LogP contribution in [0.5, 0.6) is 0 Å². The van der Waals surface area contributed by atoms with Gasteiger partial charge in [0, 0.05) is 13.2 Å². The van der Waals surface area contributed by atoms with Crippen LogP contribution in [-0.4, -0.2) is 24.4 Å². The van der Waals surface area contributed by atoms with Crippen molar-refractivity contribution in [1.29, 1.82) is 0 Å². The van der Waals surface area contributed by atoms with Gasteiger partial charge in [0.2, 0.25) is 0 Å². The molecule has 4 aliphatic rings. The second kappa shape index (κ2) is 10.7. The molecule has 4 aliphatic carbocycles. The first-order chi connectivity index (χ1) is 15.8. The van der Waals surface area contributed by atoms with E-state index in [-0.39, 0.29) is 6.61 Å². The zero-order chi connectivity index (χ0) is 23.6. The van der Waals surface area contributed by atoms with Crippen LogP contribution in [0.4, 0.5) is 0 Å². The molecule has 4 rings (SSSR count). The van der Waals surface area contributed by atoms with Crippen molar-refractivity contribution in [2.24, 2.45) is 46.3 Å². The number of aliphatic hydroxyl groups excluding tert-OH is 1. The number of hydrogen-bond acceptors (Lipinski definition) is 2. The SMILES string of the molecule is CC(C)CCC[C@@H](C)[C@H]1CCC2C3CC=C4CC(OCCCCO)CC[C@]4(C)C3CC[C@@]21C. The summed E-state index contributed by atoms with van der Waals surface area (Å²) in [4.78, 5) is 0. The number of allylic oxidation sites excluding steroid dienone is 1. The van der Waals surface area contributed by atoms with Crippen molar-refractivity contribution in [3.8, 4) is 0 Å². The van der Waals surface area contributed by atoms with Gasteiger partial charge >= 0.3 is 0 Å². The Morgan fingerprint density at radius 2 is 1.79 bits per heavy atom. The lowest BCUT2D eigenvalue weighted by Gasteiger charge is -2.58. The van der Waals surface area contributed by atoms with E-state index >= 15 is 0 Å². The first-order valence-corrected chi connectivity index (χ1v) is 14.7. The Hall–Kier alpha value is -0.340. The zero-order valence-electron chi connectivity index (χ0n) is 22.6. The van der Waals surface area contributed by atoms with Crippen molar-refractivity contribution in [3.05, 3.63) is 11.6 Å². The van der Waals surface area contributed by atoms with E-state index in [1.54, 1.807) is 5.57 Å². The maximum absolute atomic E-state index is 9.02. The summed E-state index contributed by atoms with van der Waals surface area (Å²) in [6.07, 6.45) is 20.2. The fourth-order valence-electron chi connectivity index (χ4n) is 9.26. The number of rotatable bonds is 10. The average molecular weight is 459 g/mol. The highest BCUT2D eigenvalue weighted by Gasteiger charge is 2.59. The van der Waals surface area contributed by atoms with E-state index in [1.807, 2.05) is 0 Å². The number of fused-ring (bicyclic) bond motifs is 5. The summed E-state index contributed by atoms with van der Waals surface area (Å²) in [5.41, 5.74) is 2.76. The fraction of sp³-hybridized carbons (Fsp3) is 0.935. The summed E-state index contributed by atoms with van der Waals surface area (Å²) in [7, 11) is 0. The summed E-state index contributed by atoms with van der Waals surface area (Å²) in [5.74, 6) is 5.49. The van der Waals surface area contributed by atoms with Gasteiger partial charge in [0.05, 0.1) is 6.10 Å². The van der Waals surface area contributed by atoms with Gasteiger partial charge in [0.1, 0.15) is 0 Å². The van der Waals surface area contributed by atoms with E-state index in [9.17, 15) is 0 Å². The molecule has 0 amide bonds. The summed E-state index contributed by atoms with van der Waals surface area (Å²) in [6.45, 7) is 13.8. The van der Waals surface area contributed by atoms with Crippen LogP contribution in [0.3, 0.4) is 0 Å². The molecule has 0 aromatic carbocycles. The van der Waals surface area contributed by atoms with Crippen LogP contribution in [-0.2, 0) is 4.74 Å². The highest BCUT2D eigenvalue weighted by Crippen LogP contribution is 2.67. The second-order valence-electron chi connectivity index (χ2n) is 13.5. The van der Waals surface area contributed by atoms with E-state index in [1.165, 1.54) is 64.2 Å². The monoisotopic (exact) mass is 458 g/mol. The van der Waals surface area contributed by atoms with E-state index < -0.39 is 0 Å². The quantitative estimate of drug-likeness (QED) is 0.264. The third-order valence-corrected chi connectivity index (χ3v) is 11.2. The Morgan fingerprint density at radius 1 is 0.970 bits per heavy atom. The van der Waals surface area contributed by atoms with Crippen LogP contribution in [0.15, 0.2) is 11.6 Å². The molecule has 0 bridgehead atoms. The predicted octanol–water partition coefficient (Wildman–Crippen LogP) is 8.19. The standard InChI is InChI=1S/C31H54O2/c1-22(2)9-8-10-23(3)27-13-14-28-26-12-11-24-21-25(33-20-7-6-19-32)15-17-30(24,4)29(26)16-18-31(27,28)5/h11,22-23,25-29,32H,6-10,12-21H2,1-5H3/t23-,25?,26?,27-,28?,29?,30+,31-/m1/s1. The molecule has 0 aliphatic heterocycles. The topological polar surface area (TPSA) is 29.5 Å². The first kappa shape index (κ1) is 25.7. The van der Waals surface area contributed by atoms with E-state index in [0.717, 1.165) is 61.4 Å². The minimum absolute atomic E-state index is 0.290. The third kappa shape index (κ3) is 5.13. The largest absolute Gasteiger partial charge is 0.396 e. The molecule has 0 heterocycles. The minimum Gasteiger partial charge on any atom is -0.396 e. The molecule has 0 spiro atoms. The highest BCUT2D eigenvalue weighted by atomic mass is 16.5. The average Bonchev–Trinajstić information content (AvgIpc) is 3.14. The van der Waals surface area contributed by atoms with E-state index in [4.69, 9.17) is 9.84 Å². The van der Waals surface area contributed by atoms with Gasteiger partial charge in [-0.05, 0) is 111 Å². The maximum atomic E-state index is 9.02. The fourth-order valence-corrected chi connectivity index (χ4v) is 9.26. The molecular weight excluding hydrogens is 404 g/mol. The third-order valence-electron chi connectivity index (χ3n) is 11.2. The van der Waals surface area contributed by atoms with Gasteiger partial charge in [-0.1, -0.05) is 65.5 Å². The molecule has 33 heavy (non-hydrogen) atoms. The van der Waals surface area contributed by atoms with E-state index in [0.29, 0.717) is 16.9 Å². The van der Waals surface area contributed by atoms with Crippen molar-refractivity contribution >= 4 is 0 Å². The normalized spacial score (nSPS) is 41.3. The van der Waals surface area contributed by atoms with Gasteiger partial charge in [0.25, 0.3) is 0 Å². The molecule has 0 aromatic rings. The second-order valence-corrected chi connectivity index (χ2v) is 13.5. The predicted molar refractivity (Wildman–Crippen MR) is 139 cm³/mol. The van der Waals surface area contributed by atoms with Gasteiger partial charge in [-0.25, -0.2) is 0 Å². The van der Waals surface area contributed by atoms with Crippen LogP contribution >= 0.6 is 0 Å². The Morgan fingerprint density at radius 3 is 2.55 bits per heavy atom. The molecule has 4 unspecified atom stereocenters. The van der Waals surface area contributed by atoms with E-state index in [2.05, 4.69) is 40.7 Å². The molecular formula is C31H54O2. The molecule has 8 atom stereocenters. The first-order valence-electron chi connectivity index (χ1n) is 14.7. The lowest BCUT2D eigenvalue weighted by molar-refractivity contribution is -0.0642. The Kier molecular flexibility index (Phi) is 8.37. The lowest BCUT2D eigenvalue weighted by atomic mass is 9.47. The summed E-state index contributed by atoms with van der Waals surface area (Å²) in [5, 5.41) is 9.02. The number of hydrogen-bond donors (Lipinski definition) is 1.